The number of methoxy groups -OCH3 is 1. The van der Waals surface area contributed by atoms with E-state index in [4.69, 9.17) is 9.47 Å². The Morgan fingerprint density at radius 2 is 1.83 bits per heavy atom. The fourth-order valence-corrected chi connectivity index (χ4v) is 3.81. The maximum absolute atomic E-state index is 12.4. The molecular weight excluding hydrogens is 404 g/mol. The average Bonchev–Trinajstić information content (AvgIpc) is 2.70. The number of carbonyl (C=O) groups excluding carboxylic acids is 1. The Balaban J connectivity index is 1.93. The minimum absolute atomic E-state index is 0.262. The SMILES string of the molecule is CCCc1ccc(OCCNC(=O)CN(c2cc(C)ccc2OC)S(C)(=O)=O)cc1. The fraction of sp³-hybridized carbons (Fsp3) is 0.409. The first-order valence-corrected chi connectivity index (χ1v) is 11.7. The van der Waals surface area contributed by atoms with Crippen molar-refractivity contribution in [2.75, 3.05) is 37.4 Å². The first kappa shape index (κ1) is 23.5. The van der Waals surface area contributed by atoms with Gasteiger partial charge in [-0.05, 0) is 48.7 Å². The number of hydrogen-bond donors (Lipinski definition) is 1. The van der Waals surface area contributed by atoms with Crippen molar-refractivity contribution < 1.29 is 22.7 Å². The molecule has 0 atom stereocenters. The molecule has 2 aromatic carbocycles. The van der Waals surface area contributed by atoms with Crippen molar-refractivity contribution in [2.45, 2.75) is 26.7 Å². The van der Waals surface area contributed by atoms with Gasteiger partial charge in [-0.15, -0.1) is 0 Å². The largest absolute Gasteiger partial charge is 0.495 e. The lowest BCUT2D eigenvalue weighted by Crippen LogP contribution is -2.41. The average molecular weight is 435 g/mol. The Kier molecular flexibility index (Phi) is 8.53. The molecule has 0 aliphatic rings. The van der Waals surface area contributed by atoms with Crippen LogP contribution in [0.15, 0.2) is 42.5 Å². The van der Waals surface area contributed by atoms with E-state index in [2.05, 4.69) is 12.2 Å². The predicted molar refractivity (Wildman–Crippen MR) is 119 cm³/mol. The highest BCUT2D eigenvalue weighted by atomic mass is 32.2. The lowest BCUT2D eigenvalue weighted by Gasteiger charge is -2.24. The molecule has 0 aromatic heterocycles. The fourth-order valence-electron chi connectivity index (χ4n) is 2.96. The van der Waals surface area contributed by atoms with Crippen molar-refractivity contribution in [1.29, 1.82) is 0 Å². The smallest absolute Gasteiger partial charge is 0.240 e. The van der Waals surface area contributed by atoms with Crippen LogP contribution in [-0.4, -0.2) is 47.4 Å². The van der Waals surface area contributed by atoms with Gasteiger partial charge in [0.15, 0.2) is 0 Å². The standard InChI is InChI=1S/C22H30N2O5S/c1-5-6-18-8-10-19(11-9-18)29-14-13-23-22(25)16-24(30(4,26)27)20-15-17(2)7-12-21(20)28-3/h7-12,15H,5-6,13-14,16H2,1-4H3,(H,23,25). The Morgan fingerprint density at radius 3 is 2.43 bits per heavy atom. The number of ether oxygens (including phenoxy) is 2. The molecule has 1 amide bonds. The van der Waals surface area contributed by atoms with Crippen LogP contribution in [0.25, 0.3) is 0 Å². The summed E-state index contributed by atoms with van der Waals surface area (Å²) >= 11 is 0. The van der Waals surface area contributed by atoms with Crippen LogP contribution in [-0.2, 0) is 21.2 Å². The van der Waals surface area contributed by atoms with E-state index in [0.717, 1.165) is 34.7 Å². The lowest BCUT2D eigenvalue weighted by molar-refractivity contribution is -0.119. The maximum Gasteiger partial charge on any atom is 0.240 e. The zero-order valence-corrected chi connectivity index (χ0v) is 18.8. The molecule has 0 radical (unpaired) electrons. The molecule has 0 aliphatic carbocycles. The van der Waals surface area contributed by atoms with Crippen molar-refractivity contribution in [2.24, 2.45) is 0 Å². The molecular formula is C22H30N2O5S. The molecule has 0 bridgehead atoms. The van der Waals surface area contributed by atoms with Gasteiger partial charge in [0.05, 0.1) is 25.6 Å². The molecule has 8 heteroatoms. The van der Waals surface area contributed by atoms with E-state index in [1.807, 2.05) is 37.3 Å². The summed E-state index contributed by atoms with van der Waals surface area (Å²) in [7, 11) is -2.22. The number of nitrogens with zero attached hydrogens (tertiary/aromatic N) is 1. The molecule has 0 spiro atoms. The van der Waals surface area contributed by atoms with Gasteiger partial charge < -0.3 is 14.8 Å². The van der Waals surface area contributed by atoms with E-state index in [1.54, 1.807) is 12.1 Å². The molecule has 2 aromatic rings. The molecule has 30 heavy (non-hydrogen) atoms. The predicted octanol–water partition coefficient (Wildman–Crippen LogP) is 2.92. The Morgan fingerprint density at radius 1 is 1.13 bits per heavy atom. The maximum atomic E-state index is 12.4. The van der Waals surface area contributed by atoms with E-state index >= 15 is 0 Å². The van der Waals surface area contributed by atoms with Crippen LogP contribution in [0.5, 0.6) is 11.5 Å². The highest BCUT2D eigenvalue weighted by Crippen LogP contribution is 2.30. The minimum Gasteiger partial charge on any atom is -0.495 e. The summed E-state index contributed by atoms with van der Waals surface area (Å²) < 4.78 is 36.5. The van der Waals surface area contributed by atoms with Gasteiger partial charge in [-0.1, -0.05) is 31.5 Å². The first-order valence-electron chi connectivity index (χ1n) is 9.85. The molecule has 0 heterocycles. The first-order chi connectivity index (χ1) is 14.2. The number of nitrogens with one attached hydrogen (secondary N) is 1. The third-order valence-electron chi connectivity index (χ3n) is 4.45. The van der Waals surface area contributed by atoms with E-state index in [1.165, 1.54) is 12.7 Å². The summed E-state index contributed by atoms with van der Waals surface area (Å²) in [6.45, 7) is 4.18. The van der Waals surface area contributed by atoms with Gasteiger partial charge in [0, 0.05) is 0 Å². The van der Waals surface area contributed by atoms with Crippen molar-refractivity contribution in [3.63, 3.8) is 0 Å². The topological polar surface area (TPSA) is 84.9 Å². The van der Waals surface area contributed by atoms with Crippen molar-refractivity contribution in [3.8, 4) is 11.5 Å². The summed E-state index contributed by atoms with van der Waals surface area (Å²) in [6, 6.07) is 13.0. The molecule has 1 N–H and O–H groups in total. The number of amides is 1. The molecule has 2 rings (SSSR count). The van der Waals surface area contributed by atoms with Gasteiger partial charge in [0.25, 0.3) is 0 Å². The zero-order chi connectivity index (χ0) is 22.1. The highest BCUT2D eigenvalue weighted by Gasteiger charge is 2.24. The third kappa shape index (κ3) is 6.95. The normalized spacial score (nSPS) is 11.1. The number of aryl methyl sites for hydroxylation is 2. The summed E-state index contributed by atoms with van der Waals surface area (Å²) in [5.41, 5.74) is 2.45. The Bertz CT molecular complexity index is 943. The Labute approximate surface area is 179 Å². The number of hydrogen-bond acceptors (Lipinski definition) is 5. The summed E-state index contributed by atoms with van der Waals surface area (Å²) in [5, 5.41) is 2.70. The van der Waals surface area contributed by atoms with E-state index in [-0.39, 0.29) is 19.7 Å². The van der Waals surface area contributed by atoms with E-state index in [9.17, 15) is 13.2 Å². The second-order valence-corrected chi connectivity index (χ2v) is 8.94. The molecule has 0 saturated carbocycles. The number of sulfonamides is 1. The van der Waals surface area contributed by atoms with Crippen LogP contribution in [0.1, 0.15) is 24.5 Å². The molecule has 0 aliphatic heterocycles. The van der Waals surface area contributed by atoms with Crippen LogP contribution in [0.4, 0.5) is 5.69 Å². The van der Waals surface area contributed by atoms with Crippen molar-refractivity contribution in [1.82, 2.24) is 5.32 Å². The summed E-state index contributed by atoms with van der Waals surface area (Å²) in [5.74, 6) is 0.686. The van der Waals surface area contributed by atoms with Crippen LogP contribution >= 0.6 is 0 Å². The van der Waals surface area contributed by atoms with Crippen LogP contribution in [0.3, 0.4) is 0 Å². The van der Waals surface area contributed by atoms with Gasteiger partial charge in [-0.2, -0.15) is 0 Å². The van der Waals surface area contributed by atoms with Gasteiger partial charge >= 0.3 is 0 Å². The van der Waals surface area contributed by atoms with Crippen LogP contribution < -0.4 is 19.1 Å². The molecule has 164 valence electrons. The molecule has 0 saturated heterocycles. The minimum atomic E-state index is -3.68. The highest BCUT2D eigenvalue weighted by molar-refractivity contribution is 7.92. The van der Waals surface area contributed by atoms with Gasteiger partial charge in [-0.3, -0.25) is 9.10 Å². The third-order valence-corrected chi connectivity index (χ3v) is 5.57. The second-order valence-electron chi connectivity index (χ2n) is 7.04. The quantitative estimate of drug-likeness (QED) is 0.550. The number of rotatable bonds is 11. The van der Waals surface area contributed by atoms with Crippen molar-refractivity contribution >= 4 is 21.6 Å². The number of anilines is 1. The van der Waals surface area contributed by atoms with Gasteiger partial charge in [0.1, 0.15) is 24.7 Å². The van der Waals surface area contributed by atoms with Crippen molar-refractivity contribution in [3.05, 3.63) is 53.6 Å². The summed E-state index contributed by atoms with van der Waals surface area (Å²) in [6.07, 6.45) is 3.18. The second kappa shape index (κ2) is 10.9. The van der Waals surface area contributed by atoms with Crippen LogP contribution in [0.2, 0.25) is 0 Å². The summed E-state index contributed by atoms with van der Waals surface area (Å²) in [4.78, 5) is 12.4. The van der Waals surface area contributed by atoms with E-state index < -0.39 is 15.9 Å². The molecule has 7 nitrogen and oxygen atoms in total. The van der Waals surface area contributed by atoms with Crippen LogP contribution in [0, 0.1) is 6.92 Å². The Hall–Kier alpha value is -2.74. The number of benzene rings is 2. The van der Waals surface area contributed by atoms with E-state index in [0.29, 0.717) is 11.4 Å². The van der Waals surface area contributed by atoms with Gasteiger partial charge in [0.2, 0.25) is 15.9 Å². The zero-order valence-electron chi connectivity index (χ0n) is 18.0. The molecule has 0 unspecified atom stereocenters. The lowest BCUT2D eigenvalue weighted by atomic mass is 10.1. The number of carbonyl (C=O) groups is 1. The molecule has 0 fully saturated rings. The van der Waals surface area contributed by atoms with Gasteiger partial charge in [-0.25, -0.2) is 8.42 Å². The monoisotopic (exact) mass is 434 g/mol.